The first-order valence-electron chi connectivity index (χ1n) is 10.9. The van der Waals surface area contributed by atoms with Gasteiger partial charge in [0.15, 0.2) is 0 Å². The van der Waals surface area contributed by atoms with Crippen LogP contribution in [0, 0.1) is 12.8 Å². The van der Waals surface area contributed by atoms with Gasteiger partial charge in [0.1, 0.15) is 6.04 Å². The van der Waals surface area contributed by atoms with Crippen LogP contribution in [0.15, 0.2) is 29.2 Å². The molecule has 0 saturated carbocycles. The molecule has 2 aliphatic heterocycles. The van der Waals surface area contributed by atoms with Crippen LogP contribution in [0.4, 0.5) is 0 Å². The van der Waals surface area contributed by atoms with Crippen LogP contribution in [-0.4, -0.2) is 62.4 Å². The number of carbonyl (C=O) groups excluding carboxylic acids is 1. The SMILES string of the molecule is Cc1ccc(S(=O)(=O)NC(CC(C)C)C(=O)N2CCC(N3CCCC3)CC2)cc1. The summed E-state index contributed by atoms with van der Waals surface area (Å²) in [6.07, 6.45) is 5.00. The number of aryl methyl sites for hydroxylation is 1. The van der Waals surface area contributed by atoms with Crippen molar-refractivity contribution in [2.45, 2.75) is 69.9 Å². The average molecular weight is 422 g/mol. The Morgan fingerprint density at radius 3 is 2.21 bits per heavy atom. The van der Waals surface area contributed by atoms with E-state index in [9.17, 15) is 13.2 Å². The van der Waals surface area contributed by atoms with Crippen molar-refractivity contribution in [2.75, 3.05) is 26.2 Å². The molecule has 0 aliphatic carbocycles. The fourth-order valence-corrected chi connectivity index (χ4v) is 5.62. The summed E-state index contributed by atoms with van der Waals surface area (Å²) in [5, 5.41) is 0. The third-order valence-electron chi connectivity index (χ3n) is 6.07. The van der Waals surface area contributed by atoms with E-state index < -0.39 is 16.1 Å². The van der Waals surface area contributed by atoms with Gasteiger partial charge in [0, 0.05) is 19.1 Å². The van der Waals surface area contributed by atoms with Crippen LogP contribution in [0.25, 0.3) is 0 Å². The molecule has 3 rings (SSSR count). The highest BCUT2D eigenvalue weighted by Crippen LogP contribution is 2.22. The van der Waals surface area contributed by atoms with Crippen LogP contribution >= 0.6 is 0 Å². The van der Waals surface area contributed by atoms with Gasteiger partial charge in [-0.15, -0.1) is 0 Å². The molecule has 0 aromatic heterocycles. The van der Waals surface area contributed by atoms with Crippen LogP contribution in [0.1, 0.15) is 51.5 Å². The minimum atomic E-state index is -3.74. The molecule has 29 heavy (non-hydrogen) atoms. The lowest BCUT2D eigenvalue weighted by Crippen LogP contribution is -2.53. The highest BCUT2D eigenvalue weighted by Gasteiger charge is 2.33. The number of nitrogens with zero attached hydrogens (tertiary/aromatic N) is 2. The summed E-state index contributed by atoms with van der Waals surface area (Å²) in [5.41, 5.74) is 1.000. The van der Waals surface area contributed by atoms with Crippen molar-refractivity contribution in [3.8, 4) is 0 Å². The summed E-state index contributed by atoms with van der Waals surface area (Å²) < 4.78 is 28.4. The Balaban J connectivity index is 1.66. The second kappa shape index (κ2) is 9.58. The number of benzene rings is 1. The molecule has 2 heterocycles. The van der Waals surface area contributed by atoms with Gasteiger partial charge in [-0.25, -0.2) is 8.42 Å². The van der Waals surface area contributed by atoms with Crippen LogP contribution in [0.3, 0.4) is 0 Å². The molecule has 0 spiro atoms. The van der Waals surface area contributed by atoms with Gasteiger partial charge < -0.3 is 9.80 Å². The molecule has 1 unspecified atom stereocenters. The zero-order valence-electron chi connectivity index (χ0n) is 17.9. The van der Waals surface area contributed by atoms with Crippen LogP contribution in [-0.2, 0) is 14.8 Å². The molecule has 1 aromatic carbocycles. The number of carbonyl (C=O) groups is 1. The fourth-order valence-electron chi connectivity index (χ4n) is 4.42. The molecule has 1 aromatic rings. The molecule has 1 atom stereocenters. The van der Waals surface area contributed by atoms with Crippen molar-refractivity contribution in [1.82, 2.24) is 14.5 Å². The lowest BCUT2D eigenvalue weighted by Gasteiger charge is -2.38. The Kier molecular flexibility index (Phi) is 7.35. The lowest BCUT2D eigenvalue weighted by atomic mass is 10.00. The van der Waals surface area contributed by atoms with Gasteiger partial charge >= 0.3 is 0 Å². The Morgan fingerprint density at radius 2 is 1.66 bits per heavy atom. The van der Waals surface area contributed by atoms with Crippen molar-refractivity contribution in [3.05, 3.63) is 29.8 Å². The molecular weight excluding hydrogens is 386 g/mol. The third kappa shape index (κ3) is 5.80. The Labute approximate surface area is 175 Å². The first kappa shape index (κ1) is 22.2. The second-order valence-electron chi connectivity index (χ2n) is 8.92. The molecule has 2 fully saturated rings. The van der Waals surface area contributed by atoms with Gasteiger partial charge in [0.25, 0.3) is 0 Å². The maximum atomic E-state index is 13.2. The van der Waals surface area contributed by atoms with Gasteiger partial charge in [-0.3, -0.25) is 4.79 Å². The minimum Gasteiger partial charge on any atom is -0.341 e. The van der Waals surface area contributed by atoms with Crippen molar-refractivity contribution in [3.63, 3.8) is 0 Å². The summed E-state index contributed by atoms with van der Waals surface area (Å²) in [7, 11) is -3.74. The summed E-state index contributed by atoms with van der Waals surface area (Å²) in [6, 6.07) is 6.58. The summed E-state index contributed by atoms with van der Waals surface area (Å²) in [6.45, 7) is 9.71. The molecule has 162 valence electrons. The van der Waals surface area contributed by atoms with E-state index in [0.29, 0.717) is 25.6 Å². The van der Waals surface area contributed by atoms with Gasteiger partial charge in [-0.05, 0) is 70.2 Å². The maximum absolute atomic E-state index is 13.2. The van der Waals surface area contributed by atoms with E-state index >= 15 is 0 Å². The van der Waals surface area contributed by atoms with E-state index in [1.807, 2.05) is 25.7 Å². The van der Waals surface area contributed by atoms with Crippen molar-refractivity contribution in [2.24, 2.45) is 5.92 Å². The van der Waals surface area contributed by atoms with E-state index in [4.69, 9.17) is 0 Å². The second-order valence-corrected chi connectivity index (χ2v) is 10.6. The first-order valence-corrected chi connectivity index (χ1v) is 12.4. The fraction of sp³-hybridized carbons (Fsp3) is 0.682. The summed E-state index contributed by atoms with van der Waals surface area (Å²) in [4.78, 5) is 17.8. The van der Waals surface area contributed by atoms with E-state index in [0.717, 1.165) is 18.4 Å². The lowest BCUT2D eigenvalue weighted by molar-refractivity contribution is -0.135. The normalized spacial score (nSPS) is 20.3. The molecule has 7 heteroatoms. The quantitative estimate of drug-likeness (QED) is 0.735. The molecule has 1 amide bonds. The van der Waals surface area contributed by atoms with E-state index in [1.165, 1.54) is 25.9 Å². The predicted octanol–water partition coefficient (Wildman–Crippen LogP) is 2.77. The molecule has 6 nitrogen and oxygen atoms in total. The van der Waals surface area contributed by atoms with Crippen molar-refractivity contribution in [1.29, 1.82) is 0 Å². The molecule has 0 radical (unpaired) electrons. The highest BCUT2D eigenvalue weighted by atomic mass is 32.2. The molecule has 0 bridgehead atoms. The van der Waals surface area contributed by atoms with E-state index in [1.54, 1.807) is 24.3 Å². The summed E-state index contributed by atoms with van der Waals surface area (Å²) in [5.74, 6) is 0.126. The maximum Gasteiger partial charge on any atom is 0.241 e. The summed E-state index contributed by atoms with van der Waals surface area (Å²) >= 11 is 0. The Morgan fingerprint density at radius 1 is 1.07 bits per heavy atom. The topological polar surface area (TPSA) is 69.7 Å². The number of sulfonamides is 1. The van der Waals surface area contributed by atoms with Crippen LogP contribution < -0.4 is 4.72 Å². The number of hydrogen-bond acceptors (Lipinski definition) is 4. The monoisotopic (exact) mass is 421 g/mol. The standard InChI is InChI=1S/C22H35N3O3S/c1-17(2)16-21(23-29(27,28)20-8-6-18(3)7-9-20)22(26)25-14-10-19(11-15-25)24-12-4-5-13-24/h6-9,17,19,21,23H,4-5,10-16H2,1-3H3. The highest BCUT2D eigenvalue weighted by molar-refractivity contribution is 7.89. The number of rotatable bonds is 7. The molecule has 1 N–H and O–H groups in total. The molecule has 2 saturated heterocycles. The van der Waals surface area contributed by atoms with Crippen LogP contribution in [0.2, 0.25) is 0 Å². The number of hydrogen-bond donors (Lipinski definition) is 1. The molecule has 2 aliphatic rings. The zero-order valence-corrected chi connectivity index (χ0v) is 18.7. The minimum absolute atomic E-state index is 0.0886. The van der Waals surface area contributed by atoms with Gasteiger partial charge in [0.05, 0.1) is 4.90 Å². The number of likely N-dealkylation sites (tertiary alicyclic amines) is 2. The van der Waals surface area contributed by atoms with Gasteiger partial charge in [-0.2, -0.15) is 4.72 Å². The van der Waals surface area contributed by atoms with Crippen LogP contribution in [0.5, 0.6) is 0 Å². The zero-order chi connectivity index (χ0) is 21.0. The number of piperidine rings is 1. The van der Waals surface area contributed by atoms with E-state index in [-0.39, 0.29) is 16.7 Å². The average Bonchev–Trinajstić information content (AvgIpc) is 3.21. The number of nitrogens with one attached hydrogen (secondary N) is 1. The molecular formula is C22H35N3O3S. The Hall–Kier alpha value is -1.44. The first-order chi connectivity index (χ1) is 13.8. The van der Waals surface area contributed by atoms with Gasteiger partial charge in [0.2, 0.25) is 15.9 Å². The smallest absolute Gasteiger partial charge is 0.241 e. The van der Waals surface area contributed by atoms with Crippen molar-refractivity contribution >= 4 is 15.9 Å². The number of amides is 1. The Bertz CT molecular complexity index is 778. The van der Waals surface area contributed by atoms with E-state index in [2.05, 4.69) is 9.62 Å². The largest absolute Gasteiger partial charge is 0.341 e. The predicted molar refractivity (Wildman–Crippen MR) is 115 cm³/mol. The third-order valence-corrected chi connectivity index (χ3v) is 7.55. The van der Waals surface area contributed by atoms with Gasteiger partial charge in [-0.1, -0.05) is 31.5 Å². The van der Waals surface area contributed by atoms with Crippen molar-refractivity contribution < 1.29 is 13.2 Å².